The molecule has 3 heteroatoms. The number of esters is 1. The van der Waals surface area contributed by atoms with Gasteiger partial charge in [0.1, 0.15) is 6.10 Å². The van der Waals surface area contributed by atoms with Crippen LogP contribution in [0.25, 0.3) is 0 Å². The van der Waals surface area contributed by atoms with E-state index in [2.05, 4.69) is 0 Å². The minimum atomic E-state index is -0.587. The molecule has 0 aliphatic carbocycles. The van der Waals surface area contributed by atoms with Crippen molar-refractivity contribution < 1.29 is 14.6 Å². The van der Waals surface area contributed by atoms with Crippen LogP contribution in [0.1, 0.15) is 33.6 Å². The predicted molar refractivity (Wildman–Crippen MR) is 42.1 cm³/mol. The fourth-order valence-electron chi connectivity index (χ4n) is 0.569. The molecule has 0 aromatic rings. The van der Waals surface area contributed by atoms with Crippen LogP contribution in [0.15, 0.2) is 0 Å². The number of carbonyl (C=O) groups is 1. The van der Waals surface area contributed by atoms with Gasteiger partial charge in [-0.15, -0.1) is 0 Å². The van der Waals surface area contributed by atoms with Crippen molar-refractivity contribution in [2.24, 2.45) is 0 Å². The maximum absolute atomic E-state index is 10.8. The van der Waals surface area contributed by atoms with Gasteiger partial charge in [-0.2, -0.15) is 0 Å². The lowest BCUT2D eigenvalue weighted by atomic mass is 10.2. The van der Waals surface area contributed by atoms with E-state index < -0.39 is 12.2 Å². The van der Waals surface area contributed by atoms with Crippen LogP contribution in [0, 0.1) is 0 Å². The molecule has 2 atom stereocenters. The van der Waals surface area contributed by atoms with Gasteiger partial charge < -0.3 is 9.84 Å². The summed E-state index contributed by atoms with van der Waals surface area (Å²) in [6, 6.07) is 0. The van der Waals surface area contributed by atoms with Crippen LogP contribution < -0.4 is 0 Å². The molecule has 0 saturated heterocycles. The van der Waals surface area contributed by atoms with Crippen molar-refractivity contribution in [1.82, 2.24) is 0 Å². The molecule has 66 valence electrons. The largest absolute Gasteiger partial charge is 0.460 e. The van der Waals surface area contributed by atoms with Gasteiger partial charge in [-0.3, -0.25) is 4.79 Å². The Hall–Kier alpha value is -0.570. The first-order valence-electron chi connectivity index (χ1n) is 3.95. The van der Waals surface area contributed by atoms with E-state index in [1.165, 1.54) is 0 Å². The Bertz CT molecular complexity index is 121. The summed E-state index contributed by atoms with van der Waals surface area (Å²) < 4.78 is 4.86. The van der Waals surface area contributed by atoms with Crippen LogP contribution >= 0.6 is 0 Å². The molecule has 1 N–H and O–H groups in total. The lowest BCUT2D eigenvalue weighted by Crippen LogP contribution is -2.25. The normalized spacial score (nSPS) is 15.6. The number of hydrogen-bond donors (Lipinski definition) is 1. The molecule has 0 fully saturated rings. The zero-order chi connectivity index (χ0) is 8.85. The molecule has 0 saturated carbocycles. The minimum absolute atomic E-state index is 0.235. The van der Waals surface area contributed by atoms with Crippen LogP contribution in [-0.4, -0.2) is 23.3 Å². The topological polar surface area (TPSA) is 46.5 Å². The second-order valence-corrected chi connectivity index (χ2v) is 2.69. The van der Waals surface area contributed by atoms with Crippen molar-refractivity contribution in [3.63, 3.8) is 0 Å². The quantitative estimate of drug-likeness (QED) is 0.626. The molecule has 3 nitrogen and oxygen atoms in total. The Labute approximate surface area is 67.4 Å². The Morgan fingerprint density at radius 2 is 2.09 bits per heavy atom. The van der Waals surface area contributed by atoms with E-state index in [0.717, 1.165) is 6.42 Å². The van der Waals surface area contributed by atoms with Crippen molar-refractivity contribution in [2.45, 2.75) is 45.8 Å². The standard InChI is InChI=1S/C8H16O3/c1-4-5-8(10)11-7(3)6(2)9/h6-7,9H,4-5H2,1-3H3. The second-order valence-electron chi connectivity index (χ2n) is 2.69. The van der Waals surface area contributed by atoms with Crippen LogP contribution in [0.5, 0.6) is 0 Å². The maximum Gasteiger partial charge on any atom is 0.306 e. The predicted octanol–water partition coefficient (Wildman–Crippen LogP) is 1.10. The number of aliphatic hydroxyl groups is 1. The average molecular weight is 160 g/mol. The molecule has 0 heterocycles. The van der Waals surface area contributed by atoms with E-state index in [9.17, 15) is 4.79 Å². The first kappa shape index (κ1) is 10.4. The van der Waals surface area contributed by atoms with Gasteiger partial charge in [0, 0.05) is 6.42 Å². The summed E-state index contributed by atoms with van der Waals surface area (Å²) in [5.74, 6) is -0.235. The van der Waals surface area contributed by atoms with Crippen molar-refractivity contribution in [1.29, 1.82) is 0 Å². The van der Waals surface area contributed by atoms with Gasteiger partial charge in [-0.25, -0.2) is 0 Å². The molecular weight excluding hydrogens is 144 g/mol. The molecule has 0 spiro atoms. The van der Waals surface area contributed by atoms with Crippen LogP contribution in [0.4, 0.5) is 0 Å². The third-order valence-corrected chi connectivity index (χ3v) is 1.45. The van der Waals surface area contributed by atoms with Gasteiger partial charge in [0.05, 0.1) is 6.10 Å². The third-order valence-electron chi connectivity index (χ3n) is 1.45. The van der Waals surface area contributed by atoms with E-state index in [0.29, 0.717) is 6.42 Å². The molecule has 11 heavy (non-hydrogen) atoms. The highest BCUT2D eigenvalue weighted by atomic mass is 16.6. The summed E-state index contributed by atoms with van der Waals surface area (Å²) in [6.45, 7) is 5.19. The summed E-state index contributed by atoms with van der Waals surface area (Å²) in [4.78, 5) is 10.8. The molecule has 0 rings (SSSR count). The number of aliphatic hydroxyl groups excluding tert-OH is 1. The highest BCUT2D eigenvalue weighted by Gasteiger charge is 2.12. The number of carbonyl (C=O) groups excluding carboxylic acids is 1. The Balaban J connectivity index is 3.57. The van der Waals surface area contributed by atoms with Crippen LogP contribution in [0.3, 0.4) is 0 Å². The summed E-state index contributed by atoms with van der Waals surface area (Å²) in [6.07, 6.45) is 0.229. The van der Waals surface area contributed by atoms with E-state index >= 15 is 0 Å². The van der Waals surface area contributed by atoms with E-state index in [4.69, 9.17) is 9.84 Å². The van der Waals surface area contributed by atoms with Crippen molar-refractivity contribution in [3.05, 3.63) is 0 Å². The second kappa shape index (κ2) is 5.13. The lowest BCUT2D eigenvalue weighted by Gasteiger charge is -2.15. The number of ether oxygens (including phenoxy) is 1. The third kappa shape index (κ3) is 4.79. The van der Waals surface area contributed by atoms with E-state index in [-0.39, 0.29) is 5.97 Å². The van der Waals surface area contributed by atoms with Gasteiger partial charge in [-0.05, 0) is 20.3 Å². The van der Waals surface area contributed by atoms with Crippen molar-refractivity contribution in [2.75, 3.05) is 0 Å². The maximum atomic E-state index is 10.8. The Morgan fingerprint density at radius 1 is 1.55 bits per heavy atom. The summed E-state index contributed by atoms with van der Waals surface area (Å²) in [7, 11) is 0. The molecular formula is C8H16O3. The fraction of sp³-hybridized carbons (Fsp3) is 0.875. The number of rotatable bonds is 4. The molecule has 0 aliphatic rings. The van der Waals surface area contributed by atoms with Crippen molar-refractivity contribution >= 4 is 5.97 Å². The van der Waals surface area contributed by atoms with Gasteiger partial charge in [0.25, 0.3) is 0 Å². The highest BCUT2D eigenvalue weighted by molar-refractivity contribution is 5.69. The Morgan fingerprint density at radius 3 is 2.45 bits per heavy atom. The average Bonchev–Trinajstić information content (AvgIpc) is 1.87. The highest BCUT2D eigenvalue weighted by Crippen LogP contribution is 2.00. The molecule has 0 bridgehead atoms. The SMILES string of the molecule is CCCC(=O)OC(C)C(C)O. The Kier molecular flexibility index (Phi) is 4.86. The van der Waals surface area contributed by atoms with Crippen LogP contribution in [0.2, 0.25) is 0 Å². The minimum Gasteiger partial charge on any atom is -0.460 e. The summed E-state index contributed by atoms with van der Waals surface area (Å²) in [5.41, 5.74) is 0. The smallest absolute Gasteiger partial charge is 0.306 e. The van der Waals surface area contributed by atoms with Gasteiger partial charge in [0.2, 0.25) is 0 Å². The molecule has 0 radical (unpaired) electrons. The number of hydrogen-bond acceptors (Lipinski definition) is 3. The zero-order valence-corrected chi connectivity index (χ0v) is 7.33. The first-order chi connectivity index (χ1) is 5.07. The molecule has 0 aromatic heterocycles. The lowest BCUT2D eigenvalue weighted by molar-refractivity contribution is -0.153. The summed E-state index contributed by atoms with van der Waals surface area (Å²) >= 11 is 0. The molecule has 0 aromatic carbocycles. The van der Waals surface area contributed by atoms with Crippen LogP contribution in [-0.2, 0) is 9.53 Å². The van der Waals surface area contributed by atoms with Crippen molar-refractivity contribution in [3.8, 4) is 0 Å². The molecule has 0 amide bonds. The monoisotopic (exact) mass is 160 g/mol. The molecule has 2 unspecified atom stereocenters. The van der Waals surface area contributed by atoms with E-state index in [1.54, 1.807) is 13.8 Å². The van der Waals surface area contributed by atoms with Gasteiger partial charge in [0.15, 0.2) is 0 Å². The van der Waals surface area contributed by atoms with Gasteiger partial charge in [-0.1, -0.05) is 6.92 Å². The fourth-order valence-corrected chi connectivity index (χ4v) is 0.569. The first-order valence-corrected chi connectivity index (χ1v) is 3.95. The van der Waals surface area contributed by atoms with E-state index in [1.807, 2.05) is 6.92 Å². The van der Waals surface area contributed by atoms with Gasteiger partial charge >= 0.3 is 5.97 Å². The zero-order valence-electron chi connectivity index (χ0n) is 7.33. The summed E-state index contributed by atoms with van der Waals surface area (Å²) in [5, 5.41) is 8.96. The molecule has 0 aliphatic heterocycles.